The number of hydrogen-bond donors (Lipinski definition) is 0. The largest absolute Gasteiger partial charge is 0.436 e. The molecular weight excluding hydrogens is 294 g/mol. The molecule has 0 bridgehead atoms. The second-order valence-corrected chi connectivity index (χ2v) is 6.62. The van der Waals surface area contributed by atoms with Crippen molar-refractivity contribution >= 4 is 11.8 Å². The van der Waals surface area contributed by atoms with Crippen molar-refractivity contribution in [2.24, 2.45) is 5.92 Å². The molecule has 1 aromatic rings. The lowest BCUT2D eigenvalue weighted by molar-refractivity contribution is -0.135. The van der Waals surface area contributed by atoms with Crippen LogP contribution in [0.15, 0.2) is 4.42 Å². The van der Waals surface area contributed by atoms with E-state index in [0.717, 1.165) is 32.4 Å². The third-order valence-corrected chi connectivity index (χ3v) is 4.84. The number of carbonyl (C=O) groups is 2. The van der Waals surface area contributed by atoms with E-state index in [9.17, 15) is 9.59 Å². The van der Waals surface area contributed by atoms with Crippen molar-refractivity contribution in [3.63, 3.8) is 0 Å². The van der Waals surface area contributed by atoms with Gasteiger partial charge >= 0.3 is 0 Å². The maximum atomic E-state index is 12.7. The summed E-state index contributed by atoms with van der Waals surface area (Å²) in [6, 6.07) is 0. The van der Waals surface area contributed by atoms with Gasteiger partial charge in [0.2, 0.25) is 11.7 Å². The Balaban J connectivity index is 1.62. The van der Waals surface area contributed by atoms with Crippen molar-refractivity contribution in [1.29, 1.82) is 0 Å². The van der Waals surface area contributed by atoms with Gasteiger partial charge in [-0.3, -0.25) is 9.59 Å². The van der Waals surface area contributed by atoms with Crippen molar-refractivity contribution in [2.45, 2.75) is 46.0 Å². The maximum Gasteiger partial charge on any atom is 0.291 e. The predicted octanol–water partition coefficient (Wildman–Crippen LogP) is 2.16. The Morgan fingerprint density at radius 1 is 1.04 bits per heavy atom. The van der Waals surface area contributed by atoms with Crippen LogP contribution >= 0.6 is 0 Å². The van der Waals surface area contributed by atoms with Crippen molar-refractivity contribution in [3.8, 4) is 0 Å². The highest BCUT2D eigenvalue weighted by Gasteiger charge is 2.35. The molecular formula is C17H25N3O3. The van der Waals surface area contributed by atoms with Gasteiger partial charge < -0.3 is 14.2 Å². The Bertz CT molecular complexity index is 588. The molecule has 0 aromatic carbocycles. The summed E-state index contributed by atoms with van der Waals surface area (Å²) < 4.78 is 5.42. The van der Waals surface area contributed by atoms with Crippen LogP contribution in [0.5, 0.6) is 0 Å². The van der Waals surface area contributed by atoms with Crippen LogP contribution in [0.4, 0.5) is 0 Å². The smallest absolute Gasteiger partial charge is 0.291 e. The fourth-order valence-corrected chi connectivity index (χ4v) is 3.57. The molecule has 2 aliphatic heterocycles. The van der Waals surface area contributed by atoms with E-state index in [1.165, 1.54) is 12.8 Å². The van der Waals surface area contributed by atoms with E-state index in [1.54, 1.807) is 18.7 Å². The fourth-order valence-electron chi connectivity index (χ4n) is 3.57. The van der Waals surface area contributed by atoms with Gasteiger partial charge in [-0.25, -0.2) is 4.98 Å². The number of nitrogens with zero attached hydrogens (tertiary/aromatic N) is 3. The second-order valence-electron chi connectivity index (χ2n) is 6.62. The molecule has 1 aromatic heterocycles. The normalized spacial score (nSPS) is 22.3. The molecule has 0 spiro atoms. The zero-order valence-corrected chi connectivity index (χ0v) is 14.0. The lowest BCUT2D eigenvalue weighted by Gasteiger charge is -2.24. The Hall–Kier alpha value is -1.85. The van der Waals surface area contributed by atoms with Crippen LogP contribution in [0.1, 0.15) is 54.2 Å². The van der Waals surface area contributed by atoms with E-state index >= 15 is 0 Å². The van der Waals surface area contributed by atoms with Gasteiger partial charge in [0.25, 0.3) is 5.91 Å². The maximum absolute atomic E-state index is 12.7. The molecule has 2 saturated heterocycles. The van der Waals surface area contributed by atoms with Crippen LogP contribution in [0.3, 0.4) is 0 Å². The summed E-state index contributed by atoms with van der Waals surface area (Å²) in [5, 5.41) is 0. The molecule has 6 heteroatoms. The molecule has 0 unspecified atom stereocenters. The van der Waals surface area contributed by atoms with Crippen LogP contribution in [-0.2, 0) is 4.79 Å². The molecule has 0 N–H and O–H groups in total. The molecule has 3 heterocycles. The molecule has 2 aliphatic rings. The highest BCUT2D eigenvalue weighted by molar-refractivity contribution is 5.93. The summed E-state index contributed by atoms with van der Waals surface area (Å²) >= 11 is 0. The van der Waals surface area contributed by atoms with Crippen LogP contribution in [0.2, 0.25) is 0 Å². The first-order chi connectivity index (χ1) is 11.1. The molecule has 3 rings (SSSR count). The molecule has 0 saturated carbocycles. The molecule has 2 amide bonds. The van der Waals surface area contributed by atoms with Gasteiger partial charge in [0.1, 0.15) is 0 Å². The monoisotopic (exact) mass is 319 g/mol. The average molecular weight is 319 g/mol. The molecule has 6 nitrogen and oxygen atoms in total. The third-order valence-electron chi connectivity index (χ3n) is 4.84. The van der Waals surface area contributed by atoms with Gasteiger partial charge in [0, 0.05) is 33.1 Å². The number of likely N-dealkylation sites (tertiary alicyclic amines) is 2. The highest BCUT2D eigenvalue weighted by Crippen LogP contribution is 2.23. The van der Waals surface area contributed by atoms with Gasteiger partial charge in [-0.2, -0.15) is 0 Å². The van der Waals surface area contributed by atoms with Crippen molar-refractivity contribution in [3.05, 3.63) is 17.3 Å². The van der Waals surface area contributed by atoms with E-state index < -0.39 is 0 Å². The minimum atomic E-state index is -0.144. The van der Waals surface area contributed by atoms with E-state index in [0.29, 0.717) is 30.4 Å². The molecule has 0 radical (unpaired) electrons. The minimum Gasteiger partial charge on any atom is -0.436 e. The first-order valence-electron chi connectivity index (χ1n) is 8.58. The number of rotatable bonds is 2. The summed E-state index contributed by atoms with van der Waals surface area (Å²) in [5.74, 6) is 0.816. The highest BCUT2D eigenvalue weighted by atomic mass is 16.4. The molecule has 23 heavy (non-hydrogen) atoms. The minimum absolute atomic E-state index is 0.0682. The number of aromatic nitrogens is 1. The number of oxazole rings is 1. The summed E-state index contributed by atoms with van der Waals surface area (Å²) in [6.45, 7) is 6.35. The quantitative estimate of drug-likeness (QED) is 0.838. The standard InChI is InChI=1S/C17H25N3O3/c1-12-15(23-13(2)18-12)17(22)20-10-7-14(11-20)16(21)19-8-5-3-4-6-9-19/h14H,3-11H2,1-2H3/t14-/m1/s1. The third kappa shape index (κ3) is 3.41. The average Bonchev–Trinajstić information content (AvgIpc) is 3.04. The summed E-state index contributed by atoms with van der Waals surface area (Å²) in [6.07, 6.45) is 5.36. The fraction of sp³-hybridized carbons (Fsp3) is 0.706. The van der Waals surface area contributed by atoms with Crippen molar-refractivity contribution in [2.75, 3.05) is 26.2 Å². The Morgan fingerprint density at radius 3 is 2.35 bits per heavy atom. The predicted molar refractivity (Wildman–Crippen MR) is 85.0 cm³/mol. The molecule has 2 fully saturated rings. The summed E-state index contributed by atoms with van der Waals surface area (Å²) in [4.78, 5) is 33.1. The van der Waals surface area contributed by atoms with Gasteiger partial charge in [0.15, 0.2) is 5.89 Å². The first-order valence-corrected chi connectivity index (χ1v) is 8.58. The van der Waals surface area contributed by atoms with Gasteiger partial charge in [-0.1, -0.05) is 12.8 Å². The van der Waals surface area contributed by atoms with E-state index in [-0.39, 0.29) is 17.7 Å². The Morgan fingerprint density at radius 2 is 1.74 bits per heavy atom. The number of aryl methyl sites for hydroxylation is 2. The summed E-state index contributed by atoms with van der Waals surface area (Å²) in [5.41, 5.74) is 0.620. The number of carbonyl (C=O) groups excluding carboxylic acids is 2. The van der Waals surface area contributed by atoms with Crippen molar-refractivity contribution in [1.82, 2.24) is 14.8 Å². The molecule has 0 aliphatic carbocycles. The number of hydrogen-bond acceptors (Lipinski definition) is 4. The number of amides is 2. The van der Waals surface area contributed by atoms with Crippen LogP contribution in [-0.4, -0.2) is 52.8 Å². The summed E-state index contributed by atoms with van der Waals surface area (Å²) in [7, 11) is 0. The zero-order chi connectivity index (χ0) is 16.4. The lowest BCUT2D eigenvalue weighted by Crippen LogP contribution is -2.38. The van der Waals surface area contributed by atoms with Gasteiger partial charge in [-0.15, -0.1) is 0 Å². The second kappa shape index (κ2) is 6.72. The first kappa shape index (κ1) is 16.0. The van der Waals surface area contributed by atoms with Crippen LogP contribution < -0.4 is 0 Å². The van der Waals surface area contributed by atoms with E-state index in [4.69, 9.17) is 4.42 Å². The Labute approximate surface area is 136 Å². The van der Waals surface area contributed by atoms with E-state index in [1.807, 2.05) is 4.90 Å². The van der Waals surface area contributed by atoms with Gasteiger partial charge in [-0.05, 0) is 26.2 Å². The topological polar surface area (TPSA) is 66.7 Å². The van der Waals surface area contributed by atoms with Gasteiger partial charge in [0.05, 0.1) is 11.6 Å². The van der Waals surface area contributed by atoms with E-state index in [2.05, 4.69) is 4.98 Å². The Kier molecular flexibility index (Phi) is 4.68. The van der Waals surface area contributed by atoms with Crippen LogP contribution in [0.25, 0.3) is 0 Å². The van der Waals surface area contributed by atoms with Crippen molar-refractivity contribution < 1.29 is 14.0 Å². The molecule has 126 valence electrons. The zero-order valence-electron chi connectivity index (χ0n) is 14.0. The van der Waals surface area contributed by atoms with Crippen LogP contribution in [0, 0.1) is 19.8 Å². The molecule has 1 atom stereocenters. The SMILES string of the molecule is Cc1nc(C)c(C(=O)N2CC[C@@H](C(=O)N3CCCCCC3)C2)o1. The lowest BCUT2D eigenvalue weighted by atomic mass is 10.1.